The lowest BCUT2D eigenvalue weighted by Gasteiger charge is -2.25. The number of carbonyl (C=O) groups is 3. The Morgan fingerprint density at radius 3 is 2.90 bits per heavy atom. The fourth-order valence-corrected chi connectivity index (χ4v) is 2.10. The molecule has 3 amide bonds. The number of hydrogen-bond acceptors (Lipinski definition) is 4. The lowest BCUT2D eigenvalue weighted by Crippen LogP contribution is -2.49. The second-order valence-corrected chi connectivity index (χ2v) is 4.34. The average molecular weight is 274 g/mol. The zero-order valence-electron chi connectivity index (χ0n) is 10.2. The standard InChI is InChI=1S/C12H10N4O4/c17-10-2-3-15(12(20)14-10)9-6-13-16-4-1-7(11(18)19)5-8(9)16/h1,4-6H,2-3H2,(H,18,19)(H,14,17,20). The van der Waals surface area contributed by atoms with E-state index in [1.807, 2.05) is 0 Å². The summed E-state index contributed by atoms with van der Waals surface area (Å²) in [5, 5.41) is 15.3. The van der Waals surface area contributed by atoms with Gasteiger partial charge < -0.3 is 5.11 Å². The molecule has 8 nitrogen and oxygen atoms in total. The van der Waals surface area contributed by atoms with Crippen LogP contribution >= 0.6 is 0 Å². The Morgan fingerprint density at radius 1 is 1.40 bits per heavy atom. The maximum atomic E-state index is 11.8. The van der Waals surface area contributed by atoms with Crippen LogP contribution in [0, 0.1) is 0 Å². The number of carbonyl (C=O) groups excluding carboxylic acids is 2. The van der Waals surface area contributed by atoms with Crippen molar-refractivity contribution in [2.75, 3.05) is 11.4 Å². The number of hydrogen-bond donors (Lipinski definition) is 2. The number of rotatable bonds is 2. The van der Waals surface area contributed by atoms with Crippen LogP contribution in [0.1, 0.15) is 16.8 Å². The highest BCUT2D eigenvalue weighted by Crippen LogP contribution is 2.24. The number of nitrogens with one attached hydrogen (secondary N) is 1. The molecular weight excluding hydrogens is 264 g/mol. The first-order valence-electron chi connectivity index (χ1n) is 5.88. The molecule has 20 heavy (non-hydrogen) atoms. The minimum absolute atomic E-state index is 0.104. The molecule has 1 saturated heterocycles. The molecule has 2 aromatic heterocycles. The van der Waals surface area contributed by atoms with E-state index in [1.54, 1.807) is 0 Å². The summed E-state index contributed by atoms with van der Waals surface area (Å²) in [5.41, 5.74) is 1.07. The predicted molar refractivity (Wildman–Crippen MR) is 67.7 cm³/mol. The zero-order valence-corrected chi connectivity index (χ0v) is 10.2. The third-order valence-electron chi connectivity index (χ3n) is 3.09. The first-order valence-corrected chi connectivity index (χ1v) is 5.88. The summed E-state index contributed by atoms with van der Waals surface area (Å²) in [6.07, 6.45) is 3.17. The Bertz CT molecular complexity index is 736. The van der Waals surface area contributed by atoms with Gasteiger partial charge in [0.25, 0.3) is 0 Å². The van der Waals surface area contributed by atoms with Crippen molar-refractivity contribution in [3.05, 3.63) is 30.1 Å². The van der Waals surface area contributed by atoms with Crippen LogP contribution in [0.15, 0.2) is 24.5 Å². The van der Waals surface area contributed by atoms with Crippen molar-refractivity contribution in [1.29, 1.82) is 0 Å². The molecule has 1 fully saturated rings. The summed E-state index contributed by atoms with van der Waals surface area (Å²) in [5.74, 6) is -1.38. The van der Waals surface area contributed by atoms with Crippen LogP contribution in [0.3, 0.4) is 0 Å². The normalized spacial score (nSPS) is 15.5. The van der Waals surface area contributed by atoms with Crippen molar-refractivity contribution < 1.29 is 19.5 Å². The molecule has 0 aliphatic carbocycles. The molecule has 0 spiro atoms. The largest absolute Gasteiger partial charge is 0.478 e. The molecule has 2 aromatic rings. The number of pyridine rings is 1. The lowest BCUT2D eigenvalue weighted by molar-refractivity contribution is -0.120. The van der Waals surface area contributed by atoms with Gasteiger partial charge in [0.1, 0.15) is 0 Å². The third kappa shape index (κ3) is 1.87. The molecule has 0 bridgehead atoms. The van der Waals surface area contributed by atoms with E-state index in [0.29, 0.717) is 11.2 Å². The number of amides is 3. The van der Waals surface area contributed by atoms with E-state index in [1.165, 1.54) is 33.9 Å². The van der Waals surface area contributed by atoms with Gasteiger partial charge in [-0.05, 0) is 12.1 Å². The van der Waals surface area contributed by atoms with Gasteiger partial charge in [0.2, 0.25) is 5.91 Å². The van der Waals surface area contributed by atoms with E-state index in [2.05, 4.69) is 10.4 Å². The monoisotopic (exact) mass is 274 g/mol. The summed E-state index contributed by atoms with van der Waals surface area (Å²) >= 11 is 0. The summed E-state index contributed by atoms with van der Waals surface area (Å²) < 4.78 is 1.48. The number of carboxylic acids is 1. The molecule has 0 aromatic carbocycles. The van der Waals surface area contributed by atoms with E-state index in [9.17, 15) is 14.4 Å². The van der Waals surface area contributed by atoms with Gasteiger partial charge in [-0.15, -0.1) is 0 Å². The molecule has 1 aliphatic heterocycles. The number of aromatic nitrogens is 2. The van der Waals surface area contributed by atoms with E-state index >= 15 is 0 Å². The number of aromatic carboxylic acids is 1. The Kier molecular flexibility index (Phi) is 2.63. The average Bonchev–Trinajstić information content (AvgIpc) is 2.81. The molecule has 3 rings (SSSR count). The van der Waals surface area contributed by atoms with Crippen molar-refractivity contribution in [2.45, 2.75) is 6.42 Å². The van der Waals surface area contributed by atoms with Gasteiger partial charge in [-0.2, -0.15) is 5.10 Å². The number of fused-ring (bicyclic) bond motifs is 1. The van der Waals surface area contributed by atoms with Crippen LogP contribution in [-0.4, -0.2) is 39.2 Å². The number of urea groups is 1. The van der Waals surface area contributed by atoms with Gasteiger partial charge in [0, 0.05) is 19.2 Å². The summed E-state index contributed by atoms with van der Waals surface area (Å²) in [6.45, 7) is 0.239. The molecule has 3 heterocycles. The molecule has 0 unspecified atom stereocenters. The molecular formula is C12H10N4O4. The second kappa shape index (κ2) is 4.34. The van der Waals surface area contributed by atoms with E-state index in [4.69, 9.17) is 5.11 Å². The predicted octanol–water partition coefficient (Wildman–Crippen LogP) is 0.479. The van der Waals surface area contributed by atoms with Crippen LogP contribution in [0.25, 0.3) is 5.52 Å². The van der Waals surface area contributed by atoms with Gasteiger partial charge in [-0.1, -0.05) is 0 Å². The Morgan fingerprint density at radius 2 is 2.20 bits per heavy atom. The minimum atomic E-state index is -1.06. The number of carboxylic acid groups (broad SMARTS) is 1. The fourth-order valence-electron chi connectivity index (χ4n) is 2.10. The molecule has 0 radical (unpaired) electrons. The number of nitrogens with zero attached hydrogens (tertiary/aromatic N) is 3. The zero-order chi connectivity index (χ0) is 14.3. The van der Waals surface area contributed by atoms with Gasteiger partial charge >= 0.3 is 12.0 Å². The highest BCUT2D eigenvalue weighted by atomic mass is 16.4. The SMILES string of the molecule is O=C1CCN(c2cnn3ccc(C(=O)O)cc23)C(=O)N1. The van der Waals surface area contributed by atoms with E-state index in [-0.39, 0.29) is 24.4 Å². The number of anilines is 1. The van der Waals surface area contributed by atoms with Gasteiger partial charge in [0.05, 0.1) is 23.0 Å². The van der Waals surface area contributed by atoms with E-state index in [0.717, 1.165) is 0 Å². The summed E-state index contributed by atoms with van der Waals surface area (Å²) in [7, 11) is 0. The molecule has 0 atom stereocenters. The quantitative estimate of drug-likeness (QED) is 0.828. The van der Waals surface area contributed by atoms with Crippen molar-refractivity contribution in [1.82, 2.24) is 14.9 Å². The van der Waals surface area contributed by atoms with Gasteiger partial charge in [-0.3, -0.25) is 15.0 Å². The van der Waals surface area contributed by atoms with Crippen LogP contribution in [0.5, 0.6) is 0 Å². The van der Waals surface area contributed by atoms with Crippen molar-refractivity contribution in [2.24, 2.45) is 0 Å². The van der Waals surface area contributed by atoms with Crippen LogP contribution < -0.4 is 10.2 Å². The smallest absolute Gasteiger partial charge is 0.335 e. The van der Waals surface area contributed by atoms with Crippen LogP contribution in [-0.2, 0) is 4.79 Å². The maximum Gasteiger partial charge on any atom is 0.335 e. The molecule has 0 saturated carbocycles. The first-order chi connectivity index (χ1) is 9.56. The summed E-state index contributed by atoms with van der Waals surface area (Å²) in [4.78, 5) is 35.3. The Balaban J connectivity index is 2.07. The summed E-state index contributed by atoms with van der Waals surface area (Å²) in [6, 6.07) is 2.33. The van der Waals surface area contributed by atoms with Crippen LogP contribution in [0.4, 0.5) is 10.5 Å². The third-order valence-corrected chi connectivity index (χ3v) is 3.09. The molecule has 2 N–H and O–H groups in total. The molecule has 8 heteroatoms. The lowest BCUT2D eigenvalue weighted by atomic mass is 10.2. The topological polar surface area (TPSA) is 104 Å². The highest BCUT2D eigenvalue weighted by molar-refractivity contribution is 6.07. The van der Waals surface area contributed by atoms with Gasteiger partial charge in [0.15, 0.2) is 0 Å². The van der Waals surface area contributed by atoms with Crippen molar-refractivity contribution >= 4 is 29.1 Å². The van der Waals surface area contributed by atoms with Crippen LogP contribution in [0.2, 0.25) is 0 Å². The first kappa shape index (κ1) is 12.2. The Hall–Kier alpha value is -2.90. The minimum Gasteiger partial charge on any atom is -0.478 e. The highest BCUT2D eigenvalue weighted by Gasteiger charge is 2.26. The van der Waals surface area contributed by atoms with Crippen molar-refractivity contribution in [3.8, 4) is 0 Å². The fraction of sp³-hybridized carbons (Fsp3) is 0.167. The second-order valence-electron chi connectivity index (χ2n) is 4.34. The molecule has 102 valence electrons. The van der Waals surface area contributed by atoms with Crippen molar-refractivity contribution in [3.63, 3.8) is 0 Å². The maximum absolute atomic E-state index is 11.8. The number of imide groups is 1. The molecule has 1 aliphatic rings. The van der Waals surface area contributed by atoms with Gasteiger partial charge in [-0.25, -0.2) is 14.1 Å². The van der Waals surface area contributed by atoms with E-state index < -0.39 is 12.0 Å². The Labute approximate surface area is 112 Å².